The van der Waals surface area contributed by atoms with Crippen LogP contribution >= 0.6 is 0 Å². The molecule has 8 rings (SSSR count). The Bertz CT molecular complexity index is 2100. The van der Waals surface area contributed by atoms with Gasteiger partial charge in [0, 0.05) is 44.7 Å². The number of aryl methyl sites for hydroxylation is 4. The molecule has 3 N–H and O–H groups in total. The van der Waals surface area contributed by atoms with E-state index in [0.717, 1.165) is 75.6 Å². The van der Waals surface area contributed by atoms with Gasteiger partial charge in [0.1, 0.15) is 11.5 Å². The third-order valence-corrected chi connectivity index (χ3v) is 16.1. The molecule has 0 spiro atoms. The van der Waals surface area contributed by atoms with Crippen LogP contribution < -0.4 is 15.2 Å². The number of fused-ring (bicyclic) bond motifs is 4. The topological polar surface area (TPSA) is 197 Å². The summed E-state index contributed by atoms with van der Waals surface area (Å²) in [6.07, 6.45) is 18.1. The summed E-state index contributed by atoms with van der Waals surface area (Å²) in [7, 11) is -7.11. The molecular formula is C43H59N5O8S2. The molecule has 0 aromatic heterocycles. The number of nitrogens with one attached hydrogen (secondary N) is 1. The van der Waals surface area contributed by atoms with Crippen molar-refractivity contribution < 1.29 is 36.0 Å². The summed E-state index contributed by atoms with van der Waals surface area (Å²) >= 11 is 0. The van der Waals surface area contributed by atoms with Crippen LogP contribution in [0.4, 0.5) is 5.69 Å². The molecule has 13 nitrogen and oxygen atoms in total. The lowest BCUT2D eigenvalue weighted by Gasteiger charge is -2.32. The number of nitrogens with zero attached hydrogens (tertiary/aromatic N) is 3. The normalized spacial score (nSPS) is 20.6. The standard InChI is InChI=1S/C22H30N2O4S.C13H13NO.C8H16N2O3S/c1-2-21(26)24-11-5-8-17(13-24)29(27,28)14-20(25)23-22-18-9-3-6-15(18)12-16-7-4-10-19(16)22;14-8-15-13-11-5-1-3-9(11)7-10-4-2-6-12(10)13;1-2-8(11)10-5-3-4-7(6-10)14(9,12)13/h12,17H,2-11,13-14H2,1H3,(H,23,25);7H,1-6H2;7H,2-6H2,1H3,(H2,9,12,13). The molecule has 2 unspecified atom stereocenters. The number of sulfonamides is 1. The van der Waals surface area contributed by atoms with Gasteiger partial charge in [0.15, 0.2) is 9.84 Å². The summed E-state index contributed by atoms with van der Waals surface area (Å²) in [4.78, 5) is 39.3. The smallest absolute Gasteiger partial charge is 0.292 e. The number of hydrogen-bond acceptors (Lipinski definition) is 9. The van der Waals surface area contributed by atoms with Gasteiger partial charge in [0.05, 0.1) is 10.5 Å². The van der Waals surface area contributed by atoms with Gasteiger partial charge in [-0.05, 0) is 147 Å². The van der Waals surface area contributed by atoms with E-state index in [1.165, 1.54) is 57.3 Å². The first kappa shape index (κ1) is 43.6. The average molecular weight is 838 g/mol. The van der Waals surface area contributed by atoms with Crippen molar-refractivity contribution in [2.24, 2.45) is 5.14 Å². The number of hydrogen-bond donors (Lipinski definition) is 2. The van der Waals surface area contributed by atoms with Crippen molar-refractivity contribution in [3.8, 4) is 12.0 Å². The van der Waals surface area contributed by atoms with Crippen molar-refractivity contribution in [2.75, 3.05) is 37.2 Å². The molecule has 316 valence electrons. The van der Waals surface area contributed by atoms with E-state index in [-0.39, 0.29) is 24.9 Å². The van der Waals surface area contributed by atoms with Gasteiger partial charge in [-0.15, -0.1) is 5.26 Å². The summed E-state index contributed by atoms with van der Waals surface area (Å²) in [5.74, 6) is -0.0778. The number of amides is 3. The minimum atomic E-state index is -3.61. The Morgan fingerprint density at radius 2 is 1.14 bits per heavy atom. The molecule has 15 heteroatoms. The predicted molar refractivity (Wildman–Crippen MR) is 223 cm³/mol. The number of primary sulfonamides is 1. The SMILES string of the molecule is CCC(=O)N1CCCC(S(=O)(=O)CC(=O)Nc2c3c(cc4c2CCC4)CCC3)C1.CCC(=O)N1CCCC(S(N)(=O)=O)C1.N#COc1c2c(cc3c1CCC3)CCC2. The molecule has 3 amide bonds. The number of ether oxygens (including phenoxy) is 1. The van der Waals surface area contributed by atoms with Crippen molar-refractivity contribution >= 4 is 43.3 Å². The molecular weight excluding hydrogens is 779 g/mol. The van der Waals surface area contributed by atoms with E-state index >= 15 is 0 Å². The van der Waals surface area contributed by atoms with E-state index in [1.54, 1.807) is 23.6 Å². The second-order valence-corrected chi connectivity index (χ2v) is 20.6. The number of nitriles is 1. The van der Waals surface area contributed by atoms with Crippen LogP contribution in [0.15, 0.2) is 12.1 Å². The molecule has 4 aliphatic carbocycles. The molecule has 2 heterocycles. The van der Waals surface area contributed by atoms with Gasteiger partial charge in [-0.2, -0.15) is 0 Å². The molecule has 2 aromatic carbocycles. The Balaban J connectivity index is 0.000000164. The number of likely N-dealkylation sites (tertiary alicyclic amines) is 2. The Morgan fingerprint density at radius 1 is 0.707 bits per heavy atom. The van der Waals surface area contributed by atoms with Crippen LogP contribution in [0.2, 0.25) is 0 Å². The number of nitrogens with two attached hydrogens (primary N) is 1. The minimum absolute atomic E-state index is 0.00153. The average Bonchev–Trinajstić information content (AvgIpc) is 4.05. The highest BCUT2D eigenvalue weighted by Gasteiger charge is 2.35. The fraction of sp³-hybridized carbons (Fsp3) is 0.628. The maximum absolute atomic E-state index is 12.9. The van der Waals surface area contributed by atoms with Crippen molar-refractivity contribution in [2.45, 2.75) is 140 Å². The molecule has 2 fully saturated rings. The van der Waals surface area contributed by atoms with Gasteiger partial charge < -0.3 is 19.9 Å². The Morgan fingerprint density at radius 3 is 1.59 bits per heavy atom. The zero-order valence-corrected chi connectivity index (χ0v) is 35.7. The maximum Gasteiger partial charge on any atom is 0.292 e. The Hall–Kier alpha value is -4.00. The summed E-state index contributed by atoms with van der Waals surface area (Å²) in [5, 5.41) is 15.5. The summed E-state index contributed by atoms with van der Waals surface area (Å²) in [6, 6.07) is 4.63. The van der Waals surface area contributed by atoms with Crippen molar-refractivity contribution in [3.05, 3.63) is 56.6 Å². The van der Waals surface area contributed by atoms with Crippen LogP contribution in [-0.2, 0) is 85.6 Å². The van der Waals surface area contributed by atoms with Gasteiger partial charge in [0.25, 0.3) is 6.26 Å². The Kier molecular flexibility index (Phi) is 14.2. The van der Waals surface area contributed by atoms with Gasteiger partial charge in [-0.25, -0.2) is 22.0 Å². The van der Waals surface area contributed by atoms with Crippen molar-refractivity contribution in [1.29, 1.82) is 5.26 Å². The first-order valence-electron chi connectivity index (χ1n) is 21.2. The summed E-state index contributed by atoms with van der Waals surface area (Å²) in [5.41, 5.74) is 11.4. The molecule has 0 bridgehead atoms. The van der Waals surface area contributed by atoms with Crippen LogP contribution in [-0.4, -0.2) is 86.8 Å². The lowest BCUT2D eigenvalue weighted by Crippen LogP contribution is -2.46. The van der Waals surface area contributed by atoms with E-state index in [9.17, 15) is 31.2 Å². The zero-order valence-electron chi connectivity index (χ0n) is 34.1. The van der Waals surface area contributed by atoms with Gasteiger partial charge in [-0.3, -0.25) is 14.4 Å². The van der Waals surface area contributed by atoms with E-state index in [1.807, 2.05) is 6.26 Å². The second-order valence-electron chi connectivity index (χ2n) is 16.5. The lowest BCUT2D eigenvalue weighted by molar-refractivity contribution is -0.132. The van der Waals surface area contributed by atoms with Crippen LogP contribution in [0.1, 0.15) is 123 Å². The molecule has 0 radical (unpaired) electrons. The van der Waals surface area contributed by atoms with Gasteiger partial charge in [0.2, 0.25) is 27.7 Å². The molecule has 0 saturated carbocycles. The van der Waals surface area contributed by atoms with Crippen LogP contribution in [0.5, 0.6) is 5.75 Å². The van der Waals surface area contributed by atoms with E-state index in [4.69, 9.17) is 15.1 Å². The quantitative estimate of drug-likeness (QED) is 0.357. The third-order valence-electron chi connectivity index (χ3n) is 12.7. The van der Waals surface area contributed by atoms with Crippen molar-refractivity contribution in [3.63, 3.8) is 0 Å². The highest BCUT2D eigenvalue weighted by atomic mass is 32.2. The van der Waals surface area contributed by atoms with E-state index < -0.39 is 42.0 Å². The van der Waals surface area contributed by atoms with Gasteiger partial charge in [-0.1, -0.05) is 26.0 Å². The number of carbonyl (C=O) groups excluding carboxylic acids is 3. The fourth-order valence-corrected chi connectivity index (χ4v) is 12.2. The fourth-order valence-electron chi connectivity index (χ4n) is 9.71. The first-order valence-corrected chi connectivity index (χ1v) is 24.5. The second kappa shape index (κ2) is 18.9. The molecule has 6 aliphatic rings. The molecule has 2 aliphatic heterocycles. The number of sulfone groups is 1. The lowest BCUT2D eigenvalue weighted by atomic mass is 9.98. The Labute approximate surface area is 344 Å². The van der Waals surface area contributed by atoms with Crippen LogP contribution in [0, 0.1) is 11.5 Å². The maximum atomic E-state index is 12.9. The number of anilines is 1. The molecule has 2 saturated heterocycles. The number of piperidine rings is 2. The van der Waals surface area contributed by atoms with Crippen molar-refractivity contribution in [1.82, 2.24) is 9.80 Å². The highest BCUT2D eigenvalue weighted by Crippen LogP contribution is 2.41. The van der Waals surface area contributed by atoms with Crippen LogP contribution in [0.25, 0.3) is 0 Å². The molecule has 2 atom stereocenters. The zero-order chi connectivity index (χ0) is 41.6. The number of rotatable bonds is 8. The largest absolute Gasteiger partial charge is 0.387 e. The van der Waals surface area contributed by atoms with Crippen LogP contribution in [0.3, 0.4) is 0 Å². The number of carbonyl (C=O) groups is 3. The highest BCUT2D eigenvalue weighted by molar-refractivity contribution is 7.92. The predicted octanol–water partition coefficient (Wildman–Crippen LogP) is 4.62. The van der Waals surface area contributed by atoms with Gasteiger partial charge >= 0.3 is 0 Å². The monoisotopic (exact) mass is 837 g/mol. The number of benzene rings is 2. The van der Waals surface area contributed by atoms with E-state index in [2.05, 4.69) is 17.4 Å². The van der Waals surface area contributed by atoms with E-state index in [0.29, 0.717) is 51.6 Å². The first-order chi connectivity index (χ1) is 27.7. The summed E-state index contributed by atoms with van der Waals surface area (Å²) < 4.78 is 53.2. The molecule has 2 aromatic rings. The third kappa shape index (κ3) is 10.1. The summed E-state index contributed by atoms with van der Waals surface area (Å²) in [6.45, 7) is 5.27. The minimum Gasteiger partial charge on any atom is -0.387 e. The molecule has 58 heavy (non-hydrogen) atoms.